The van der Waals surface area contributed by atoms with Crippen molar-refractivity contribution in [3.05, 3.63) is 284 Å². The molecule has 0 saturated carbocycles. The van der Waals surface area contributed by atoms with E-state index in [-0.39, 0.29) is 0 Å². The Kier molecular flexibility index (Phi) is 7.96. The van der Waals surface area contributed by atoms with Crippen molar-refractivity contribution in [3.63, 3.8) is 0 Å². The van der Waals surface area contributed by atoms with E-state index in [0.29, 0.717) is 0 Å². The van der Waals surface area contributed by atoms with E-state index >= 15 is 0 Å². The maximum atomic E-state index is 2.53. The maximum Gasteiger partial charge on any atom is 0.0726 e. The second-order valence-electron chi connectivity index (χ2n) is 20.0. The number of para-hydroxylation sites is 2. The molecule has 330 valence electrons. The van der Waals surface area contributed by atoms with Gasteiger partial charge in [0.25, 0.3) is 0 Å². The number of fused-ring (bicyclic) bond motifs is 19. The summed E-state index contributed by atoms with van der Waals surface area (Å²) in [5.41, 5.74) is 27.3. The van der Waals surface area contributed by atoms with Gasteiger partial charge in [-0.25, -0.2) is 0 Å². The average Bonchev–Trinajstić information content (AvgIpc) is 3.85. The lowest BCUT2D eigenvalue weighted by atomic mass is 9.66. The standard InChI is InChI=1S/C69H44N2/c1-3-15-47-35-51-37-59-57-19-7-11-23-65(57)70(67(59)39-49(51)29-25-43(47)13-1)53-33-31-45-27-28-46-32-34-54(42-64(46)69(63(45)41-53)61-21-9-5-17-55(61)56-18-6-10-22-62(56)69)71-66-24-12-8-20-58(66)60-38-52-36-48-16-4-2-14-44(48)26-30-50(52)40-68(60)71/h1-34,37-42H,35-36H2. The van der Waals surface area contributed by atoms with Crippen molar-refractivity contribution >= 4 is 80.1 Å². The van der Waals surface area contributed by atoms with Gasteiger partial charge in [-0.15, -0.1) is 0 Å². The Labute approximate surface area is 412 Å². The number of hydrogen-bond acceptors (Lipinski definition) is 0. The van der Waals surface area contributed by atoms with Gasteiger partial charge < -0.3 is 9.13 Å². The summed E-state index contributed by atoms with van der Waals surface area (Å²) in [7, 11) is 0. The van der Waals surface area contributed by atoms with Crippen LogP contribution in [0.4, 0.5) is 0 Å². The molecule has 0 aliphatic heterocycles. The zero-order chi connectivity index (χ0) is 46.4. The summed E-state index contributed by atoms with van der Waals surface area (Å²) >= 11 is 0. The van der Waals surface area contributed by atoms with Crippen LogP contribution in [0.15, 0.2) is 206 Å². The highest BCUT2D eigenvalue weighted by atomic mass is 15.0. The Morgan fingerprint density at radius 1 is 0.268 bits per heavy atom. The Hall–Kier alpha value is -8.98. The summed E-state index contributed by atoms with van der Waals surface area (Å²) in [5, 5.41) is 5.11. The Morgan fingerprint density at radius 3 is 1.18 bits per heavy atom. The van der Waals surface area contributed by atoms with Gasteiger partial charge in [-0.2, -0.15) is 0 Å². The molecule has 16 rings (SSSR count). The summed E-state index contributed by atoms with van der Waals surface area (Å²) in [6.07, 6.45) is 15.8. The topological polar surface area (TPSA) is 9.86 Å². The molecular formula is C69H44N2. The van der Waals surface area contributed by atoms with E-state index in [2.05, 4.69) is 252 Å². The van der Waals surface area contributed by atoms with Gasteiger partial charge in [-0.05, 0) is 163 Å². The van der Waals surface area contributed by atoms with Gasteiger partial charge in [0.05, 0.1) is 27.5 Å². The fraction of sp³-hybridized carbons (Fsp3) is 0.0435. The van der Waals surface area contributed by atoms with Gasteiger partial charge in [-0.3, -0.25) is 0 Å². The zero-order valence-corrected chi connectivity index (χ0v) is 38.9. The molecular weight excluding hydrogens is 857 g/mol. The second kappa shape index (κ2) is 14.5. The van der Waals surface area contributed by atoms with Crippen molar-refractivity contribution in [2.75, 3.05) is 0 Å². The van der Waals surface area contributed by atoms with Crippen LogP contribution < -0.4 is 0 Å². The van der Waals surface area contributed by atoms with E-state index in [0.717, 1.165) is 24.2 Å². The lowest BCUT2D eigenvalue weighted by Crippen LogP contribution is -2.30. The van der Waals surface area contributed by atoms with Crippen LogP contribution in [0.1, 0.15) is 77.9 Å². The number of nitrogens with zero attached hydrogens (tertiary/aromatic N) is 2. The Morgan fingerprint density at radius 2 is 0.676 bits per heavy atom. The minimum absolute atomic E-state index is 0.637. The van der Waals surface area contributed by atoms with Gasteiger partial charge in [0.2, 0.25) is 0 Å². The van der Waals surface area contributed by atoms with Crippen molar-refractivity contribution in [3.8, 4) is 22.5 Å². The molecule has 0 radical (unpaired) electrons. The SMILES string of the molecule is C1=Cc2cc3c(cc2Cc2ccccc21)c1ccccc1n3-c1ccc2c(c1)C1(c3cc(-n4c5ccccc5c5cc6c(cc54)C=Cc4ccccc4C6)ccc3C=C2)c2ccccc2-c2ccccc21. The molecule has 10 aromatic carbocycles. The fourth-order valence-electron chi connectivity index (χ4n) is 13.3. The maximum absolute atomic E-state index is 2.53. The van der Waals surface area contributed by atoms with Gasteiger partial charge >= 0.3 is 0 Å². The van der Waals surface area contributed by atoms with Crippen LogP contribution in [0, 0.1) is 0 Å². The first kappa shape index (κ1) is 38.9. The smallest absolute Gasteiger partial charge is 0.0726 e. The van der Waals surface area contributed by atoms with E-state index < -0.39 is 5.41 Å². The molecule has 2 heteroatoms. The van der Waals surface area contributed by atoms with Crippen molar-refractivity contribution in [2.45, 2.75) is 18.3 Å². The molecule has 12 aromatic rings. The highest BCUT2D eigenvalue weighted by Gasteiger charge is 2.49. The third kappa shape index (κ3) is 5.42. The number of rotatable bonds is 2. The van der Waals surface area contributed by atoms with Crippen molar-refractivity contribution < 1.29 is 0 Å². The Bertz CT molecular complexity index is 4130. The van der Waals surface area contributed by atoms with Crippen molar-refractivity contribution in [2.24, 2.45) is 0 Å². The highest BCUT2D eigenvalue weighted by Crippen LogP contribution is 2.59. The summed E-state index contributed by atoms with van der Waals surface area (Å²) in [5.74, 6) is 0. The molecule has 4 aliphatic rings. The van der Waals surface area contributed by atoms with E-state index in [4.69, 9.17) is 0 Å². The number of aromatic nitrogens is 2. The van der Waals surface area contributed by atoms with Crippen LogP contribution in [0.25, 0.3) is 103 Å². The highest BCUT2D eigenvalue weighted by molar-refractivity contribution is 6.12. The predicted molar refractivity (Wildman–Crippen MR) is 298 cm³/mol. The zero-order valence-electron chi connectivity index (χ0n) is 38.9. The summed E-state index contributed by atoms with van der Waals surface area (Å²) in [6, 6.07) is 78.3. The molecule has 0 atom stereocenters. The van der Waals surface area contributed by atoms with E-state index in [1.54, 1.807) is 0 Å². The van der Waals surface area contributed by atoms with Crippen LogP contribution in [0.2, 0.25) is 0 Å². The summed E-state index contributed by atoms with van der Waals surface area (Å²) in [6.45, 7) is 0. The van der Waals surface area contributed by atoms with Gasteiger partial charge in [-0.1, -0.05) is 182 Å². The van der Waals surface area contributed by atoms with Crippen LogP contribution in [-0.4, -0.2) is 9.13 Å². The van der Waals surface area contributed by atoms with E-state index in [1.165, 1.54) is 133 Å². The molecule has 0 amide bonds. The normalized spacial score (nSPS) is 14.3. The molecule has 0 fully saturated rings. The van der Waals surface area contributed by atoms with Crippen molar-refractivity contribution in [1.82, 2.24) is 9.13 Å². The molecule has 0 bridgehead atoms. The molecule has 2 heterocycles. The van der Waals surface area contributed by atoms with E-state index in [1.807, 2.05) is 0 Å². The molecule has 71 heavy (non-hydrogen) atoms. The number of hydrogen-bond donors (Lipinski definition) is 0. The lowest BCUT2D eigenvalue weighted by molar-refractivity contribution is 0.764. The van der Waals surface area contributed by atoms with E-state index in [9.17, 15) is 0 Å². The lowest BCUT2D eigenvalue weighted by Gasteiger charge is -2.36. The second-order valence-corrected chi connectivity index (χ2v) is 20.0. The van der Waals surface area contributed by atoms with Crippen LogP contribution in [0.5, 0.6) is 0 Å². The van der Waals surface area contributed by atoms with Gasteiger partial charge in [0.15, 0.2) is 0 Å². The van der Waals surface area contributed by atoms with Gasteiger partial charge in [0.1, 0.15) is 0 Å². The largest absolute Gasteiger partial charge is 0.309 e. The average molecular weight is 901 g/mol. The first-order valence-electron chi connectivity index (χ1n) is 25.0. The minimum atomic E-state index is -0.637. The van der Waals surface area contributed by atoms with Crippen LogP contribution >= 0.6 is 0 Å². The quantitative estimate of drug-likeness (QED) is 0.164. The first-order valence-corrected chi connectivity index (χ1v) is 25.0. The molecule has 0 N–H and O–H groups in total. The minimum Gasteiger partial charge on any atom is -0.309 e. The first-order chi connectivity index (χ1) is 35.2. The third-order valence-electron chi connectivity index (χ3n) is 16.4. The fourth-order valence-corrected chi connectivity index (χ4v) is 13.3. The molecule has 0 saturated heterocycles. The Balaban J connectivity index is 0.957. The molecule has 2 aromatic heterocycles. The molecule has 0 unspecified atom stereocenters. The van der Waals surface area contributed by atoms with Gasteiger partial charge in [0, 0.05) is 32.9 Å². The summed E-state index contributed by atoms with van der Waals surface area (Å²) < 4.78 is 5.05. The van der Waals surface area contributed by atoms with Crippen LogP contribution in [0.3, 0.4) is 0 Å². The number of benzene rings is 10. The predicted octanol–water partition coefficient (Wildman–Crippen LogP) is 16.9. The summed E-state index contributed by atoms with van der Waals surface area (Å²) in [4.78, 5) is 0. The molecule has 4 aliphatic carbocycles. The molecule has 1 spiro atoms. The third-order valence-corrected chi connectivity index (χ3v) is 16.4. The monoisotopic (exact) mass is 900 g/mol. The van der Waals surface area contributed by atoms with Crippen molar-refractivity contribution in [1.29, 1.82) is 0 Å². The van der Waals surface area contributed by atoms with Crippen LogP contribution in [-0.2, 0) is 18.3 Å². The molecule has 2 nitrogen and oxygen atoms in total.